The van der Waals surface area contributed by atoms with E-state index in [-0.39, 0.29) is 23.7 Å². The fourth-order valence-corrected chi connectivity index (χ4v) is 6.50. The van der Waals surface area contributed by atoms with Gasteiger partial charge in [-0.3, -0.25) is 9.59 Å². The molecule has 13 heteroatoms. The van der Waals surface area contributed by atoms with E-state index in [2.05, 4.69) is 25.6 Å². The van der Waals surface area contributed by atoms with Crippen LogP contribution >= 0.6 is 11.3 Å². The Balaban J connectivity index is 1.19. The highest BCUT2D eigenvalue weighted by Gasteiger charge is 2.39. The van der Waals surface area contributed by atoms with Gasteiger partial charge in [0.05, 0.1) is 4.88 Å². The van der Waals surface area contributed by atoms with Crippen molar-refractivity contribution in [3.63, 3.8) is 0 Å². The molecule has 1 aliphatic carbocycles. The van der Waals surface area contributed by atoms with E-state index in [0.29, 0.717) is 55.9 Å². The zero-order chi connectivity index (χ0) is 29.9. The molecule has 1 aliphatic heterocycles. The number of aryl methyl sites for hydroxylation is 1. The first-order chi connectivity index (χ1) is 20.0. The summed E-state index contributed by atoms with van der Waals surface area (Å²) in [5.41, 5.74) is 0.00358. The molecule has 224 valence electrons. The van der Waals surface area contributed by atoms with E-state index < -0.39 is 17.5 Å². The SMILES string of the molecule is Cc1cc(Nc2nccc(C(F)(F)F)n2)cc(-c2cnc([C@]3(O)CC[C@@H](C(=O)NCCN4CCCCC4=O)CC3)s2)c1. The lowest BCUT2D eigenvalue weighted by molar-refractivity contribution is -0.141. The van der Waals surface area contributed by atoms with Crippen molar-refractivity contribution in [3.8, 4) is 10.4 Å². The zero-order valence-electron chi connectivity index (χ0n) is 23.2. The number of piperidine rings is 1. The van der Waals surface area contributed by atoms with E-state index >= 15 is 0 Å². The number of nitrogens with zero attached hydrogens (tertiary/aromatic N) is 4. The van der Waals surface area contributed by atoms with Gasteiger partial charge in [-0.2, -0.15) is 13.2 Å². The van der Waals surface area contributed by atoms with Crippen LogP contribution in [0.15, 0.2) is 36.7 Å². The van der Waals surface area contributed by atoms with Crippen LogP contribution in [-0.4, -0.2) is 56.4 Å². The van der Waals surface area contributed by atoms with Crippen LogP contribution < -0.4 is 10.6 Å². The van der Waals surface area contributed by atoms with Crippen molar-refractivity contribution < 1.29 is 27.9 Å². The van der Waals surface area contributed by atoms with Crippen molar-refractivity contribution in [1.29, 1.82) is 0 Å². The molecule has 1 saturated heterocycles. The van der Waals surface area contributed by atoms with Gasteiger partial charge in [-0.1, -0.05) is 6.07 Å². The van der Waals surface area contributed by atoms with E-state index in [1.165, 1.54) is 11.3 Å². The summed E-state index contributed by atoms with van der Waals surface area (Å²) >= 11 is 1.35. The number of rotatable bonds is 8. The van der Waals surface area contributed by atoms with Crippen molar-refractivity contribution >= 4 is 34.8 Å². The number of aromatic nitrogens is 3. The van der Waals surface area contributed by atoms with E-state index in [4.69, 9.17) is 0 Å². The van der Waals surface area contributed by atoms with Gasteiger partial charge in [-0.25, -0.2) is 15.0 Å². The molecule has 3 heterocycles. The molecule has 0 bridgehead atoms. The molecule has 1 saturated carbocycles. The Kier molecular flexibility index (Phi) is 8.78. The Hall–Kier alpha value is -3.58. The monoisotopic (exact) mass is 602 g/mol. The van der Waals surface area contributed by atoms with Gasteiger partial charge < -0.3 is 20.6 Å². The number of benzene rings is 1. The number of aliphatic hydroxyl groups is 1. The first-order valence-corrected chi connectivity index (χ1v) is 14.9. The van der Waals surface area contributed by atoms with Gasteiger partial charge in [0.2, 0.25) is 17.8 Å². The lowest BCUT2D eigenvalue weighted by atomic mass is 9.78. The van der Waals surface area contributed by atoms with Crippen LogP contribution in [0.2, 0.25) is 0 Å². The Morgan fingerprint density at radius 2 is 1.98 bits per heavy atom. The third-order valence-electron chi connectivity index (χ3n) is 7.75. The van der Waals surface area contributed by atoms with Crippen LogP contribution in [0.3, 0.4) is 0 Å². The summed E-state index contributed by atoms with van der Waals surface area (Å²) in [6, 6.07) is 6.30. The summed E-state index contributed by atoms with van der Waals surface area (Å²) in [5.74, 6) is -0.276. The number of carbonyl (C=O) groups is 2. The number of carbonyl (C=O) groups excluding carboxylic acids is 2. The molecule has 1 aromatic carbocycles. The van der Waals surface area contributed by atoms with Gasteiger partial charge in [-0.15, -0.1) is 11.3 Å². The highest BCUT2D eigenvalue weighted by atomic mass is 32.1. The maximum atomic E-state index is 13.1. The molecule has 3 N–H and O–H groups in total. The predicted octanol–water partition coefficient (Wildman–Crippen LogP) is 5.18. The van der Waals surface area contributed by atoms with Crippen molar-refractivity contribution in [2.45, 2.75) is 63.6 Å². The zero-order valence-corrected chi connectivity index (χ0v) is 24.0. The Morgan fingerprint density at radius 1 is 1.19 bits per heavy atom. The van der Waals surface area contributed by atoms with E-state index in [1.54, 1.807) is 23.2 Å². The summed E-state index contributed by atoms with van der Waals surface area (Å²) in [6.07, 6.45) is 2.50. The minimum absolute atomic E-state index is 0.0501. The van der Waals surface area contributed by atoms with E-state index in [0.717, 1.165) is 47.7 Å². The summed E-state index contributed by atoms with van der Waals surface area (Å²) in [7, 11) is 0. The number of amides is 2. The van der Waals surface area contributed by atoms with Crippen LogP contribution in [0.1, 0.15) is 61.2 Å². The van der Waals surface area contributed by atoms with Gasteiger partial charge in [-0.05, 0) is 74.8 Å². The molecule has 42 heavy (non-hydrogen) atoms. The average molecular weight is 603 g/mol. The Bertz CT molecular complexity index is 1440. The standard InChI is InChI=1S/C29H33F3N6O3S/c1-18-14-20(16-21(15-18)36-27-34-10-7-23(37-27)29(30,31)32)22-17-35-26(42-22)28(41)8-5-19(6-9-28)25(40)33-11-13-38-12-3-2-4-24(38)39/h7,10,14-17,19,41H,2-6,8-9,11-13H2,1H3,(H,33,40)(H,34,36,37)/t19-,28+. The smallest absolute Gasteiger partial charge is 0.383 e. The molecule has 5 rings (SSSR count). The molecule has 3 aromatic rings. The highest BCUT2D eigenvalue weighted by Crippen LogP contribution is 2.43. The first-order valence-electron chi connectivity index (χ1n) is 14.0. The second-order valence-corrected chi connectivity index (χ2v) is 12.0. The largest absolute Gasteiger partial charge is 0.433 e. The minimum atomic E-state index is -4.58. The number of likely N-dealkylation sites (tertiary alicyclic amines) is 1. The third kappa shape index (κ3) is 7.06. The number of nitrogens with one attached hydrogen (secondary N) is 2. The number of halogens is 3. The molecular formula is C29H33F3N6O3S. The van der Waals surface area contributed by atoms with Gasteiger partial charge in [0.25, 0.3) is 0 Å². The van der Waals surface area contributed by atoms with Crippen molar-refractivity contribution in [2.75, 3.05) is 25.0 Å². The van der Waals surface area contributed by atoms with Crippen molar-refractivity contribution in [3.05, 3.63) is 52.9 Å². The fraction of sp³-hybridized carbons (Fsp3) is 0.483. The number of hydrogen-bond donors (Lipinski definition) is 3. The first kappa shape index (κ1) is 29.9. The normalized spacial score (nSPS) is 21.3. The number of thiazole rings is 1. The Morgan fingerprint density at radius 3 is 2.71 bits per heavy atom. The maximum Gasteiger partial charge on any atom is 0.433 e. The molecule has 2 fully saturated rings. The Labute approximate surface area is 245 Å². The van der Waals surface area contributed by atoms with Crippen LogP contribution in [0.5, 0.6) is 0 Å². The van der Waals surface area contributed by atoms with Gasteiger partial charge in [0.1, 0.15) is 16.3 Å². The second kappa shape index (κ2) is 12.3. The summed E-state index contributed by atoms with van der Waals surface area (Å²) in [6.45, 7) is 3.56. The summed E-state index contributed by atoms with van der Waals surface area (Å²) in [4.78, 5) is 39.3. The van der Waals surface area contributed by atoms with E-state index in [9.17, 15) is 27.9 Å². The molecule has 0 unspecified atom stereocenters. The van der Waals surface area contributed by atoms with Gasteiger partial charge >= 0.3 is 6.18 Å². The van der Waals surface area contributed by atoms with Gasteiger partial charge in [0.15, 0.2) is 0 Å². The van der Waals surface area contributed by atoms with Crippen LogP contribution in [0.4, 0.5) is 24.8 Å². The fourth-order valence-electron chi connectivity index (χ4n) is 5.45. The number of anilines is 2. The van der Waals surface area contributed by atoms with Crippen LogP contribution in [0.25, 0.3) is 10.4 Å². The molecule has 0 atom stereocenters. The molecular weight excluding hydrogens is 569 g/mol. The van der Waals surface area contributed by atoms with E-state index in [1.807, 2.05) is 13.0 Å². The molecule has 9 nitrogen and oxygen atoms in total. The van der Waals surface area contributed by atoms with Crippen LogP contribution in [0, 0.1) is 12.8 Å². The van der Waals surface area contributed by atoms with Gasteiger partial charge in [0, 0.05) is 50.1 Å². The molecule has 0 radical (unpaired) electrons. The highest BCUT2D eigenvalue weighted by molar-refractivity contribution is 7.15. The maximum absolute atomic E-state index is 13.1. The van der Waals surface area contributed by atoms with Crippen molar-refractivity contribution in [1.82, 2.24) is 25.2 Å². The molecule has 2 amide bonds. The van der Waals surface area contributed by atoms with Crippen LogP contribution in [-0.2, 0) is 21.4 Å². The quantitative estimate of drug-likeness (QED) is 0.325. The average Bonchev–Trinajstić information content (AvgIpc) is 3.46. The molecule has 2 aliphatic rings. The van der Waals surface area contributed by atoms with Crippen molar-refractivity contribution in [2.24, 2.45) is 5.92 Å². The number of alkyl halides is 3. The second-order valence-electron chi connectivity index (χ2n) is 10.9. The third-order valence-corrected chi connectivity index (χ3v) is 8.99. The minimum Gasteiger partial charge on any atom is -0.383 e. The molecule has 0 spiro atoms. The molecule has 2 aromatic heterocycles. The lowest BCUT2D eigenvalue weighted by Gasteiger charge is -2.34. The number of hydrogen-bond acceptors (Lipinski definition) is 8. The summed E-state index contributed by atoms with van der Waals surface area (Å²) in [5, 5.41) is 17.8. The summed E-state index contributed by atoms with van der Waals surface area (Å²) < 4.78 is 39.2. The predicted molar refractivity (Wildman–Crippen MR) is 152 cm³/mol. The lowest BCUT2D eigenvalue weighted by Crippen LogP contribution is -2.43. The topological polar surface area (TPSA) is 120 Å².